The van der Waals surface area contributed by atoms with Crippen LogP contribution in [0.25, 0.3) is 33.3 Å². The van der Waals surface area contributed by atoms with Gasteiger partial charge >= 0.3 is 0 Å². The number of nitrogens with one attached hydrogen (secondary N) is 1. The fourth-order valence-electron chi connectivity index (χ4n) is 4.89. The number of oxazole rings is 1. The highest BCUT2D eigenvalue weighted by molar-refractivity contribution is 6.00. The Kier molecular flexibility index (Phi) is 4.89. The fourth-order valence-corrected chi connectivity index (χ4v) is 4.89. The van der Waals surface area contributed by atoms with Crippen molar-refractivity contribution in [3.05, 3.63) is 47.9 Å². The van der Waals surface area contributed by atoms with Gasteiger partial charge in [0.15, 0.2) is 5.58 Å². The third-order valence-electron chi connectivity index (χ3n) is 6.99. The number of carbonyl (C=O) groups is 1. The molecule has 2 aliphatic rings. The summed E-state index contributed by atoms with van der Waals surface area (Å²) in [6, 6.07) is 7.59. The molecule has 1 amide bonds. The van der Waals surface area contributed by atoms with Crippen LogP contribution in [0.1, 0.15) is 36.9 Å². The van der Waals surface area contributed by atoms with Crippen LogP contribution in [0.2, 0.25) is 0 Å². The first-order chi connectivity index (χ1) is 16.4. The molecule has 1 saturated carbocycles. The van der Waals surface area contributed by atoms with E-state index in [4.69, 9.17) is 9.40 Å². The summed E-state index contributed by atoms with van der Waals surface area (Å²) in [5.41, 5.74) is 2.88. The summed E-state index contributed by atoms with van der Waals surface area (Å²) < 4.78 is 6.12. The van der Waals surface area contributed by atoms with E-state index in [1.807, 2.05) is 38.2 Å². The number of carbonyl (C=O) groups excluding carboxylic acids is 1. The standard InChI is InChI=1S/C26H27N5O3/c1-15-19-12-28-23(30-24(32)16-4-5-16)11-18(19)20(13-27-15)25-29-21-10-17(6-7-22(21)34-25)26(33)8-3-9-31(2)14-26/h6-7,10-13,16,33H,3-5,8-9,14H2,1-2H3,(H,28,30,32). The summed E-state index contributed by atoms with van der Waals surface area (Å²) in [5, 5.41) is 15.9. The van der Waals surface area contributed by atoms with Gasteiger partial charge in [-0.2, -0.15) is 0 Å². The van der Waals surface area contributed by atoms with Crippen molar-refractivity contribution in [2.75, 3.05) is 25.5 Å². The van der Waals surface area contributed by atoms with Crippen LogP contribution in [0.5, 0.6) is 0 Å². The number of β-amino-alcohol motifs (C(OH)–C–C–N with tert-alkyl or cyclic N) is 1. The Bertz CT molecular complexity index is 1430. The predicted molar refractivity (Wildman–Crippen MR) is 129 cm³/mol. The van der Waals surface area contributed by atoms with Crippen molar-refractivity contribution in [3.8, 4) is 11.5 Å². The Morgan fingerprint density at radius 3 is 2.85 bits per heavy atom. The van der Waals surface area contributed by atoms with Crippen molar-refractivity contribution in [1.29, 1.82) is 0 Å². The van der Waals surface area contributed by atoms with Gasteiger partial charge in [0.2, 0.25) is 11.8 Å². The Morgan fingerprint density at radius 2 is 2.06 bits per heavy atom. The van der Waals surface area contributed by atoms with Crippen LogP contribution in [-0.4, -0.2) is 51.0 Å². The Labute approximate surface area is 197 Å². The van der Waals surface area contributed by atoms with E-state index < -0.39 is 5.60 Å². The van der Waals surface area contributed by atoms with Crippen LogP contribution in [0.4, 0.5) is 5.82 Å². The molecule has 3 aromatic heterocycles. The largest absolute Gasteiger partial charge is 0.436 e. The van der Waals surface area contributed by atoms with Crippen molar-refractivity contribution in [3.63, 3.8) is 0 Å². The van der Waals surface area contributed by atoms with Crippen molar-refractivity contribution < 1.29 is 14.3 Å². The number of rotatable bonds is 4. The summed E-state index contributed by atoms with van der Waals surface area (Å²) in [7, 11) is 2.03. The number of nitrogens with zero attached hydrogens (tertiary/aromatic N) is 4. The molecule has 0 spiro atoms. The molecule has 2 fully saturated rings. The molecule has 2 N–H and O–H groups in total. The van der Waals surface area contributed by atoms with E-state index in [9.17, 15) is 9.90 Å². The lowest BCUT2D eigenvalue weighted by Crippen LogP contribution is -2.44. The normalized spacial score (nSPS) is 21.3. The minimum Gasteiger partial charge on any atom is -0.436 e. The molecule has 174 valence electrons. The predicted octanol–water partition coefficient (Wildman–Crippen LogP) is 4.01. The quantitative estimate of drug-likeness (QED) is 0.477. The van der Waals surface area contributed by atoms with Crippen LogP contribution in [-0.2, 0) is 10.4 Å². The van der Waals surface area contributed by atoms with Crippen molar-refractivity contribution >= 4 is 33.6 Å². The molecule has 1 unspecified atom stereocenters. The van der Waals surface area contributed by atoms with Crippen LogP contribution in [0.15, 0.2) is 41.1 Å². The van der Waals surface area contributed by atoms with Gasteiger partial charge in [-0.25, -0.2) is 9.97 Å². The Morgan fingerprint density at radius 1 is 1.21 bits per heavy atom. The number of aromatic nitrogens is 3. The van der Waals surface area contributed by atoms with Gasteiger partial charge < -0.3 is 19.7 Å². The van der Waals surface area contributed by atoms with Crippen LogP contribution in [0.3, 0.4) is 0 Å². The monoisotopic (exact) mass is 457 g/mol. The second-order valence-corrected chi connectivity index (χ2v) is 9.71. The van der Waals surface area contributed by atoms with E-state index >= 15 is 0 Å². The molecule has 1 aliphatic heterocycles. The SMILES string of the molecule is Cc1ncc(-c2nc3cc(C4(O)CCCN(C)C4)ccc3o2)c2cc(NC(=O)C3CC3)ncc12. The zero-order valence-corrected chi connectivity index (χ0v) is 19.3. The number of likely N-dealkylation sites (tertiary alicyclic amines) is 1. The number of piperidine rings is 1. The number of pyridine rings is 2. The summed E-state index contributed by atoms with van der Waals surface area (Å²) >= 11 is 0. The first-order valence-corrected chi connectivity index (χ1v) is 11.8. The second-order valence-electron chi connectivity index (χ2n) is 9.71. The van der Waals surface area contributed by atoms with Gasteiger partial charge in [-0.05, 0) is 70.0 Å². The molecule has 34 heavy (non-hydrogen) atoms. The van der Waals surface area contributed by atoms with Crippen LogP contribution in [0, 0.1) is 12.8 Å². The lowest BCUT2D eigenvalue weighted by molar-refractivity contribution is -0.117. The first-order valence-electron chi connectivity index (χ1n) is 11.8. The highest BCUT2D eigenvalue weighted by atomic mass is 16.3. The van der Waals surface area contributed by atoms with Gasteiger partial charge in [0.25, 0.3) is 0 Å². The molecule has 1 atom stereocenters. The molecule has 1 saturated heterocycles. The molecule has 4 aromatic rings. The fraction of sp³-hybridized carbons (Fsp3) is 0.385. The van der Waals surface area contributed by atoms with Gasteiger partial charge in [0, 0.05) is 41.3 Å². The number of amides is 1. The molecule has 4 heterocycles. The summed E-state index contributed by atoms with van der Waals surface area (Å²) in [6.45, 7) is 3.51. The zero-order valence-electron chi connectivity index (χ0n) is 19.3. The number of anilines is 1. The van der Waals surface area contributed by atoms with Gasteiger partial charge in [-0.1, -0.05) is 6.07 Å². The van der Waals surface area contributed by atoms with Crippen molar-refractivity contribution in [2.24, 2.45) is 5.92 Å². The molecule has 0 bridgehead atoms. The molecule has 1 aliphatic carbocycles. The smallest absolute Gasteiger partial charge is 0.229 e. The van der Waals surface area contributed by atoms with Gasteiger partial charge in [0.05, 0.1) is 5.56 Å². The van der Waals surface area contributed by atoms with Crippen LogP contribution < -0.4 is 5.32 Å². The molecule has 0 radical (unpaired) electrons. The lowest BCUT2D eigenvalue weighted by atomic mass is 9.86. The number of likely N-dealkylation sites (N-methyl/N-ethyl adjacent to an activating group) is 1. The van der Waals surface area contributed by atoms with E-state index in [0.29, 0.717) is 29.4 Å². The van der Waals surface area contributed by atoms with Crippen molar-refractivity contribution in [2.45, 2.75) is 38.2 Å². The molecular formula is C26H27N5O3. The molecule has 8 nitrogen and oxygen atoms in total. The average molecular weight is 458 g/mol. The van der Waals surface area contributed by atoms with Gasteiger partial charge in [-0.3, -0.25) is 9.78 Å². The third kappa shape index (κ3) is 3.73. The maximum Gasteiger partial charge on any atom is 0.229 e. The molecule has 6 rings (SSSR count). The van der Waals surface area contributed by atoms with E-state index in [2.05, 4.69) is 20.2 Å². The third-order valence-corrected chi connectivity index (χ3v) is 6.99. The highest BCUT2D eigenvalue weighted by Crippen LogP contribution is 2.36. The van der Waals surface area contributed by atoms with Crippen LogP contribution >= 0.6 is 0 Å². The van der Waals surface area contributed by atoms with E-state index in [1.165, 1.54) is 0 Å². The Hall–Kier alpha value is -3.36. The summed E-state index contributed by atoms with van der Waals surface area (Å²) in [4.78, 5) is 28.1. The van der Waals surface area contributed by atoms with Gasteiger partial charge in [-0.15, -0.1) is 0 Å². The minimum absolute atomic E-state index is 0.0138. The summed E-state index contributed by atoms with van der Waals surface area (Å²) in [5.74, 6) is 1.07. The molecule has 1 aromatic carbocycles. The maximum atomic E-state index is 12.2. The number of hydrogen-bond donors (Lipinski definition) is 2. The Balaban J connectivity index is 1.40. The zero-order chi connectivity index (χ0) is 23.4. The second kappa shape index (κ2) is 7.85. The topological polar surface area (TPSA) is 104 Å². The average Bonchev–Trinajstić information content (AvgIpc) is 3.58. The lowest BCUT2D eigenvalue weighted by Gasteiger charge is -2.37. The van der Waals surface area contributed by atoms with E-state index in [1.54, 1.807) is 12.4 Å². The van der Waals surface area contributed by atoms with E-state index in [-0.39, 0.29) is 11.8 Å². The van der Waals surface area contributed by atoms with Gasteiger partial charge in [0.1, 0.15) is 16.9 Å². The first kappa shape index (κ1) is 21.2. The number of fused-ring (bicyclic) bond motifs is 2. The molecule has 8 heteroatoms. The number of aliphatic hydroxyl groups is 1. The summed E-state index contributed by atoms with van der Waals surface area (Å²) in [6.07, 6.45) is 7.03. The number of hydrogen-bond acceptors (Lipinski definition) is 7. The molecular weight excluding hydrogens is 430 g/mol. The van der Waals surface area contributed by atoms with E-state index in [0.717, 1.165) is 59.8 Å². The maximum absolute atomic E-state index is 12.2. The minimum atomic E-state index is -0.890. The highest BCUT2D eigenvalue weighted by Gasteiger charge is 2.34. The number of aryl methyl sites for hydroxylation is 1. The van der Waals surface area contributed by atoms with Crippen molar-refractivity contribution in [1.82, 2.24) is 19.9 Å². The number of benzene rings is 1.